The molecule has 0 fully saturated rings. The first-order valence-corrected chi connectivity index (χ1v) is 14.8. The average Bonchev–Trinajstić information content (AvgIpc) is 3.82. The number of amides is 1. The van der Waals surface area contributed by atoms with Crippen LogP contribution in [-0.4, -0.2) is 83.8 Å². The van der Waals surface area contributed by atoms with Crippen molar-refractivity contribution in [2.45, 2.75) is 25.8 Å². The molecular weight excluding hydrogens is 623 g/mol. The van der Waals surface area contributed by atoms with Gasteiger partial charge in [-0.15, -0.1) is 5.10 Å². The average molecular weight is 651 g/mol. The predicted octanol–water partition coefficient (Wildman–Crippen LogP) is 3.60. The number of imidazole rings is 1. The van der Waals surface area contributed by atoms with Crippen LogP contribution in [0.5, 0.6) is 0 Å². The van der Waals surface area contributed by atoms with Crippen LogP contribution >= 0.6 is 11.6 Å². The third-order valence-corrected chi connectivity index (χ3v) is 7.36. The number of fused-ring (bicyclic) bond motifs is 1. The van der Waals surface area contributed by atoms with E-state index in [1.54, 1.807) is 24.3 Å². The lowest BCUT2D eigenvalue weighted by Crippen LogP contribution is -2.25. The highest BCUT2D eigenvalue weighted by Crippen LogP contribution is 2.33. The van der Waals surface area contributed by atoms with Gasteiger partial charge >= 0.3 is 6.09 Å². The summed E-state index contributed by atoms with van der Waals surface area (Å²) in [5, 5.41) is 14.3. The maximum Gasteiger partial charge on any atom is 0.412 e. The highest BCUT2D eigenvalue weighted by Gasteiger charge is 2.30. The van der Waals surface area contributed by atoms with E-state index in [9.17, 15) is 9.59 Å². The summed E-state index contributed by atoms with van der Waals surface area (Å²) in [7, 11) is 0. The van der Waals surface area contributed by atoms with Crippen molar-refractivity contribution in [2.75, 3.05) is 38.4 Å². The van der Waals surface area contributed by atoms with Crippen molar-refractivity contribution in [2.24, 2.45) is 0 Å². The van der Waals surface area contributed by atoms with Crippen LogP contribution in [0.25, 0.3) is 28.2 Å². The number of carbonyl (C=O) groups is 1. The summed E-state index contributed by atoms with van der Waals surface area (Å²) in [6, 6.07) is 9.06. The zero-order valence-electron chi connectivity index (χ0n) is 24.5. The minimum Gasteiger partial charge on any atom is -0.447 e. The van der Waals surface area contributed by atoms with Crippen LogP contribution in [-0.2, 0) is 20.6 Å². The van der Waals surface area contributed by atoms with Gasteiger partial charge in [0.1, 0.15) is 36.1 Å². The van der Waals surface area contributed by atoms with E-state index in [1.807, 2.05) is 6.92 Å². The molecule has 0 aliphatic carbocycles. The van der Waals surface area contributed by atoms with E-state index in [4.69, 9.17) is 30.8 Å². The number of nitrogens with one attached hydrogen (secondary N) is 2. The first kappa shape index (κ1) is 30.9. The van der Waals surface area contributed by atoms with E-state index in [-0.39, 0.29) is 36.1 Å². The minimum absolute atomic E-state index is 0.0603. The molecule has 0 unspecified atom stereocenters. The van der Waals surface area contributed by atoms with Gasteiger partial charge in [0.25, 0.3) is 5.56 Å². The molecule has 17 heteroatoms. The van der Waals surface area contributed by atoms with Gasteiger partial charge in [0.2, 0.25) is 5.95 Å². The third kappa shape index (κ3) is 6.78. The van der Waals surface area contributed by atoms with Crippen LogP contribution in [0.4, 0.5) is 15.0 Å². The quantitative estimate of drug-likeness (QED) is 0.189. The summed E-state index contributed by atoms with van der Waals surface area (Å²) in [4.78, 5) is 41.5. The predicted molar refractivity (Wildman–Crippen MR) is 162 cm³/mol. The molecule has 0 saturated heterocycles. The number of tetrazole rings is 1. The Morgan fingerprint density at radius 3 is 2.76 bits per heavy atom. The second kappa shape index (κ2) is 13.9. The third-order valence-electron chi connectivity index (χ3n) is 7.12. The van der Waals surface area contributed by atoms with Gasteiger partial charge in [-0.1, -0.05) is 11.6 Å². The summed E-state index contributed by atoms with van der Waals surface area (Å²) in [5.74, 6) is 0.258. The van der Waals surface area contributed by atoms with Crippen molar-refractivity contribution < 1.29 is 23.4 Å². The van der Waals surface area contributed by atoms with Gasteiger partial charge in [-0.25, -0.2) is 19.7 Å². The van der Waals surface area contributed by atoms with Crippen molar-refractivity contribution in [3.05, 3.63) is 81.9 Å². The Kier molecular flexibility index (Phi) is 9.37. The Bertz CT molecular complexity index is 1880. The van der Waals surface area contributed by atoms with E-state index in [1.165, 1.54) is 33.9 Å². The fourth-order valence-corrected chi connectivity index (χ4v) is 5.23. The molecule has 5 heterocycles. The van der Waals surface area contributed by atoms with Crippen molar-refractivity contribution in [1.29, 1.82) is 0 Å². The van der Waals surface area contributed by atoms with Gasteiger partial charge in [0, 0.05) is 41.4 Å². The zero-order valence-corrected chi connectivity index (χ0v) is 25.3. The lowest BCUT2D eigenvalue weighted by atomic mass is 10.1. The monoisotopic (exact) mass is 650 g/mol. The molecule has 0 saturated carbocycles. The van der Waals surface area contributed by atoms with Crippen molar-refractivity contribution in [1.82, 2.24) is 44.7 Å². The molecule has 2 N–H and O–H groups in total. The molecule has 0 spiro atoms. The molecule has 1 aromatic carbocycles. The first-order chi connectivity index (χ1) is 22.4. The number of benzene rings is 1. The normalized spacial score (nSPS) is 13.9. The van der Waals surface area contributed by atoms with E-state index >= 15 is 4.39 Å². The van der Waals surface area contributed by atoms with Crippen molar-refractivity contribution >= 4 is 23.5 Å². The van der Waals surface area contributed by atoms with Gasteiger partial charge in [0.05, 0.1) is 37.2 Å². The fraction of sp³-hybridized carbons (Fsp3) is 0.310. The summed E-state index contributed by atoms with van der Waals surface area (Å²) in [6.45, 7) is 3.67. The number of rotatable bonds is 12. The topological polar surface area (TPSA) is 177 Å². The van der Waals surface area contributed by atoms with Gasteiger partial charge < -0.3 is 19.2 Å². The Hall–Kier alpha value is -5.06. The lowest BCUT2D eigenvalue weighted by Gasteiger charge is -2.14. The highest BCUT2D eigenvalue weighted by molar-refractivity contribution is 6.31. The Balaban J connectivity index is 1.14. The summed E-state index contributed by atoms with van der Waals surface area (Å²) in [6.07, 6.45) is 3.07. The zero-order chi connectivity index (χ0) is 32.0. The summed E-state index contributed by atoms with van der Waals surface area (Å²) in [5.41, 5.74) is 1.75. The molecule has 1 aliphatic rings. The summed E-state index contributed by atoms with van der Waals surface area (Å²) < 4.78 is 33.6. The Labute approximate surface area is 265 Å². The van der Waals surface area contributed by atoms with Crippen LogP contribution in [0.3, 0.4) is 0 Å². The molecule has 5 aromatic rings. The van der Waals surface area contributed by atoms with Crippen LogP contribution in [0, 0.1) is 5.95 Å². The maximum absolute atomic E-state index is 15.1. The van der Waals surface area contributed by atoms with Crippen molar-refractivity contribution in [3.63, 3.8) is 0 Å². The standard InChI is InChI=1S/C29H28ClFN10O5/c1-2-44-9-10-45-11-12-46-29(43)35-23-7-3-17(15-32-23)26-27(31)37-28(36-26)22-6-8-24-34-20(14-25(42)41(22)24)19-13-18(30)4-5-21(19)40-16-33-38-39-40/h3-5,7,13-16,22H,2,6,8-12H2,1H3,(H,36,37)(H,32,35,43)/t22-/m0/s1. The van der Waals surface area contributed by atoms with E-state index in [2.05, 4.69) is 35.8 Å². The number of carbonyl (C=O) groups excluding carboxylic acids is 1. The SMILES string of the molecule is CCOCCOCCOC(=O)Nc1ccc(-c2[nH]c([C@@H]3CCc4nc(-c5cc(Cl)ccc5-n5cnnn5)cc(=O)n43)nc2F)cn1. The van der Waals surface area contributed by atoms with Gasteiger partial charge in [-0.3, -0.25) is 14.7 Å². The first-order valence-electron chi connectivity index (χ1n) is 14.4. The van der Waals surface area contributed by atoms with E-state index < -0.39 is 18.1 Å². The number of hydrogen-bond donors (Lipinski definition) is 2. The molecular formula is C29H28ClFN10O5. The van der Waals surface area contributed by atoms with Gasteiger partial charge in [-0.2, -0.15) is 9.07 Å². The second-order valence-corrected chi connectivity index (χ2v) is 10.5. The number of anilines is 1. The number of nitrogens with zero attached hydrogens (tertiary/aromatic N) is 8. The number of aromatic nitrogens is 9. The fourth-order valence-electron chi connectivity index (χ4n) is 5.06. The smallest absolute Gasteiger partial charge is 0.412 e. The maximum atomic E-state index is 15.1. The molecule has 1 atom stereocenters. The molecule has 15 nitrogen and oxygen atoms in total. The van der Waals surface area contributed by atoms with Gasteiger partial charge in [0.15, 0.2) is 0 Å². The second-order valence-electron chi connectivity index (χ2n) is 10.0. The number of hydrogen-bond acceptors (Lipinski definition) is 11. The number of aromatic amines is 1. The molecule has 6 rings (SSSR count). The molecule has 1 aliphatic heterocycles. The van der Waals surface area contributed by atoms with Crippen LogP contribution in [0.1, 0.15) is 31.0 Å². The van der Waals surface area contributed by atoms with E-state index in [0.717, 1.165) is 0 Å². The number of ether oxygens (including phenoxy) is 3. The molecule has 0 bridgehead atoms. The molecule has 1 amide bonds. The minimum atomic E-state index is -0.752. The van der Waals surface area contributed by atoms with Crippen LogP contribution in [0.15, 0.2) is 53.7 Å². The molecule has 0 radical (unpaired) electrons. The van der Waals surface area contributed by atoms with Gasteiger partial charge in [-0.05, 0) is 54.1 Å². The number of pyridine rings is 1. The number of aryl methyl sites for hydroxylation is 1. The van der Waals surface area contributed by atoms with Crippen molar-refractivity contribution in [3.8, 4) is 28.2 Å². The molecule has 4 aromatic heterocycles. The lowest BCUT2D eigenvalue weighted by molar-refractivity contribution is 0.0333. The molecule has 238 valence electrons. The number of H-pyrrole nitrogens is 1. The number of halogens is 2. The summed E-state index contributed by atoms with van der Waals surface area (Å²) >= 11 is 6.27. The van der Waals surface area contributed by atoms with E-state index in [0.29, 0.717) is 66.0 Å². The Morgan fingerprint density at radius 2 is 1.98 bits per heavy atom. The highest BCUT2D eigenvalue weighted by atomic mass is 35.5. The largest absolute Gasteiger partial charge is 0.447 e. The van der Waals surface area contributed by atoms with Crippen LogP contribution in [0.2, 0.25) is 5.02 Å². The van der Waals surface area contributed by atoms with Crippen LogP contribution < -0.4 is 10.9 Å². The Morgan fingerprint density at radius 1 is 1.13 bits per heavy atom. The molecule has 46 heavy (non-hydrogen) atoms.